The number of hydrogen-bond acceptors (Lipinski definition) is 2. The number of carbonyl (C=O) groups is 1. The second-order valence-corrected chi connectivity index (χ2v) is 5.84. The molecule has 2 aromatic rings. The Balaban J connectivity index is 1.76. The molecule has 0 saturated carbocycles. The second kappa shape index (κ2) is 6.27. The van der Waals surface area contributed by atoms with Crippen molar-refractivity contribution in [3.05, 3.63) is 48.0 Å². The van der Waals surface area contributed by atoms with Crippen molar-refractivity contribution in [2.24, 2.45) is 0 Å². The van der Waals surface area contributed by atoms with E-state index in [0.717, 1.165) is 19.4 Å². The maximum absolute atomic E-state index is 12.5. The summed E-state index contributed by atoms with van der Waals surface area (Å²) >= 11 is 0. The average Bonchev–Trinajstić information content (AvgIpc) is 2.55. The number of carbonyl (C=O) groups excluding carboxylic acids is 1. The summed E-state index contributed by atoms with van der Waals surface area (Å²) in [7, 11) is 1.90. The molecule has 0 bridgehead atoms. The highest BCUT2D eigenvalue weighted by molar-refractivity contribution is 5.86. The predicted octanol–water partition coefficient (Wildman–Crippen LogP) is 2.94. The third kappa shape index (κ3) is 3.08. The minimum absolute atomic E-state index is 0.00118. The molecule has 2 aromatic carbocycles. The van der Waals surface area contributed by atoms with Gasteiger partial charge in [0, 0.05) is 13.6 Å². The van der Waals surface area contributed by atoms with E-state index in [2.05, 4.69) is 41.7 Å². The van der Waals surface area contributed by atoms with Crippen LogP contribution in [0.4, 0.5) is 0 Å². The van der Waals surface area contributed by atoms with E-state index in [1.165, 1.54) is 22.8 Å². The molecule has 1 fully saturated rings. The van der Waals surface area contributed by atoms with E-state index in [0.29, 0.717) is 6.54 Å². The van der Waals surface area contributed by atoms with Gasteiger partial charge in [-0.3, -0.25) is 4.79 Å². The lowest BCUT2D eigenvalue weighted by molar-refractivity contribution is -0.133. The van der Waals surface area contributed by atoms with E-state index < -0.39 is 0 Å². The maximum Gasteiger partial charge on any atom is 0.239 e. The van der Waals surface area contributed by atoms with Crippen molar-refractivity contribution in [3.8, 4) is 0 Å². The number of fused-ring (bicyclic) bond motifs is 1. The van der Waals surface area contributed by atoms with Crippen LogP contribution in [0.15, 0.2) is 42.5 Å². The van der Waals surface area contributed by atoms with Crippen LogP contribution in [0.2, 0.25) is 0 Å². The Kier molecular flexibility index (Phi) is 4.20. The Labute approximate surface area is 125 Å². The van der Waals surface area contributed by atoms with Crippen molar-refractivity contribution in [3.63, 3.8) is 0 Å². The van der Waals surface area contributed by atoms with Crippen LogP contribution in [0.1, 0.15) is 24.8 Å². The van der Waals surface area contributed by atoms with E-state index in [-0.39, 0.29) is 11.9 Å². The molecule has 1 unspecified atom stereocenters. The highest BCUT2D eigenvalue weighted by atomic mass is 16.2. The third-order valence-electron chi connectivity index (χ3n) is 4.27. The van der Waals surface area contributed by atoms with Gasteiger partial charge in [0.2, 0.25) is 5.91 Å². The minimum Gasteiger partial charge on any atom is -0.340 e. The van der Waals surface area contributed by atoms with Gasteiger partial charge >= 0.3 is 0 Å². The summed E-state index contributed by atoms with van der Waals surface area (Å²) in [5.41, 5.74) is 1.21. The molecule has 3 heteroatoms. The third-order valence-corrected chi connectivity index (χ3v) is 4.27. The maximum atomic E-state index is 12.5. The van der Waals surface area contributed by atoms with Crippen LogP contribution in [-0.2, 0) is 11.3 Å². The number of rotatable bonds is 3. The molecule has 1 amide bonds. The monoisotopic (exact) mass is 282 g/mol. The van der Waals surface area contributed by atoms with E-state index >= 15 is 0 Å². The largest absolute Gasteiger partial charge is 0.340 e. The zero-order chi connectivity index (χ0) is 14.7. The van der Waals surface area contributed by atoms with E-state index in [4.69, 9.17) is 0 Å². The van der Waals surface area contributed by atoms with Crippen molar-refractivity contribution in [1.82, 2.24) is 10.2 Å². The number of nitrogens with one attached hydrogen (secondary N) is 1. The van der Waals surface area contributed by atoms with Crippen LogP contribution >= 0.6 is 0 Å². The number of benzene rings is 2. The van der Waals surface area contributed by atoms with Gasteiger partial charge in [0.05, 0.1) is 6.04 Å². The fourth-order valence-corrected chi connectivity index (χ4v) is 3.09. The average molecular weight is 282 g/mol. The molecule has 3 nitrogen and oxygen atoms in total. The molecular formula is C18H22N2O. The van der Waals surface area contributed by atoms with Crippen molar-refractivity contribution >= 4 is 16.7 Å². The van der Waals surface area contributed by atoms with Gasteiger partial charge in [-0.1, -0.05) is 48.9 Å². The van der Waals surface area contributed by atoms with E-state index in [1.54, 1.807) is 0 Å². The number of hydrogen-bond donors (Lipinski definition) is 1. The van der Waals surface area contributed by atoms with E-state index in [1.807, 2.05) is 18.0 Å². The van der Waals surface area contributed by atoms with Crippen LogP contribution in [0, 0.1) is 0 Å². The van der Waals surface area contributed by atoms with Gasteiger partial charge in [0.15, 0.2) is 0 Å². The first kappa shape index (κ1) is 14.1. The van der Waals surface area contributed by atoms with Gasteiger partial charge in [0.25, 0.3) is 0 Å². The summed E-state index contributed by atoms with van der Waals surface area (Å²) in [4.78, 5) is 14.4. The Morgan fingerprint density at radius 1 is 1.19 bits per heavy atom. The number of piperidine rings is 1. The normalized spacial score (nSPS) is 18.6. The Bertz CT molecular complexity index is 627. The van der Waals surface area contributed by atoms with E-state index in [9.17, 15) is 4.79 Å². The lowest BCUT2D eigenvalue weighted by Gasteiger charge is -2.27. The molecule has 0 aliphatic carbocycles. The standard InChI is InChI=1S/C18H22N2O/c1-20(18(21)17-11-4-5-12-19-17)13-15-9-6-8-14-7-2-3-10-16(14)15/h2-3,6-10,17,19H,4-5,11-13H2,1H3. The summed E-state index contributed by atoms with van der Waals surface area (Å²) in [6.45, 7) is 1.62. The lowest BCUT2D eigenvalue weighted by atomic mass is 10.0. The van der Waals surface area contributed by atoms with Crippen LogP contribution in [0.3, 0.4) is 0 Å². The molecule has 1 heterocycles. The van der Waals surface area contributed by atoms with Gasteiger partial charge in [-0.25, -0.2) is 0 Å². The molecule has 1 atom stereocenters. The molecule has 1 aliphatic heterocycles. The smallest absolute Gasteiger partial charge is 0.239 e. The quantitative estimate of drug-likeness (QED) is 0.938. The molecule has 0 radical (unpaired) electrons. The Morgan fingerprint density at radius 2 is 2.00 bits per heavy atom. The van der Waals surface area contributed by atoms with Crippen molar-refractivity contribution in [2.45, 2.75) is 31.8 Å². The molecule has 0 aromatic heterocycles. The summed E-state index contributed by atoms with van der Waals surface area (Å²) in [6.07, 6.45) is 3.28. The first-order valence-corrected chi connectivity index (χ1v) is 7.71. The summed E-state index contributed by atoms with van der Waals surface area (Å²) in [6, 6.07) is 14.6. The van der Waals surface area contributed by atoms with Crippen LogP contribution < -0.4 is 5.32 Å². The summed E-state index contributed by atoms with van der Waals surface area (Å²) in [5, 5.41) is 5.79. The Hall–Kier alpha value is -1.87. The first-order chi connectivity index (χ1) is 10.3. The zero-order valence-corrected chi connectivity index (χ0v) is 12.5. The predicted molar refractivity (Wildman–Crippen MR) is 86.1 cm³/mol. The summed E-state index contributed by atoms with van der Waals surface area (Å²) < 4.78 is 0. The molecule has 1 saturated heterocycles. The molecule has 3 rings (SSSR count). The molecule has 0 spiro atoms. The molecule has 110 valence electrons. The Morgan fingerprint density at radius 3 is 2.81 bits per heavy atom. The molecule has 1 N–H and O–H groups in total. The fourth-order valence-electron chi connectivity index (χ4n) is 3.09. The highest BCUT2D eigenvalue weighted by Gasteiger charge is 2.23. The molecular weight excluding hydrogens is 260 g/mol. The topological polar surface area (TPSA) is 32.3 Å². The van der Waals surface area contributed by atoms with Crippen molar-refractivity contribution in [2.75, 3.05) is 13.6 Å². The molecule has 1 aliphatic rings. The summed E-state index contributed by atoms with van der Waals surface area (Å²) in [5.74, 6) is 0.211. The zero-order valence-electron chi connectivity index (χ0n) is 12.5. The van der Waals surface area contributed by atoms with Crippen LogP contribution in [-0.4, -0.2) is 30.4 Å². The number of likely N-dealkylation sites (N-methyl/N-ethyl adjacent to an activating group) is 1. The van der Waals surface area contributed by atoms with Gasteiger partial charge in [-0.05, 0) is 35.7 Å². The SMILES string of the molecule is CN(Cc1cccc2ccccc12)C(=O)C1CCCCN1. The van der Waals surface area contributed by atoms with Crippen molar-refractivity contribution in [1.29, 1.82) is 0 Å². The first-order valence-electron chi connectivity index (χ1n) is 7.71. The van der Waals surface area contributed by atoms with Gasteiger partial charge in [-0.15, -0.1) is 0 Å². The van der Waals surface area contributed by atoms with Gasteiger partial charge < -0.3 is 10.2 Å². The fraction of sp³-hybridized carbons (Fsp3) is 0.389. The minimum atomic E-state index is -0.00118. The van der Waals surface area contributed by atoms with Crippen LogP contribution in [0.25, 0.3) is 10.8 Å². The van der Waals surface area contributed by atoms with Crippen LogP contribution in [0.5, 0.6) is 0 Å². The highest BCUT2D eigenvalue weighted by Crippen LogP contribution is 2.20. The number of amides is 1. The van der Waals surface area contributed by atoms with Gasteiger partial charge in [-0.2, -0.15) is 0 Å². The number of nitrogens with zero attached hydrogens (tertiary/aromatic N) is 1. The lowest BCUT2D eigenvalue weighted by Crippen LogP contribution is -2.47. The van der Waals surface area contributed by atoms with Crippen molar-refractivity contribution < 1.29 is 4.79 Å². The van der Waals surface area contributed by atoms with Gasteiger partial charge in [0.1, 0.15) is 0 Å². The second-order valence-electron chi connectivity index (χ2n) is 5.84. The molecule has 21 heavy (non-hydrogen) atoms.